The second-order valence-electron chi connectivity index (χ2n) is 4.47. The van der Waals surface area contributed by atoms with Gasteiger partial charge in [0.25, 0.3) is 0 Å². The summed E-state index contributed by atoms with van der Waals surface area (Å²) < 4.78 is 39.6. The van der Waals surface area contributed by atoms with E-state index < -0.39 is 21.9 Å². The van der Waals surface area contributed by atoms with Crippen molar-refractivity contribution in [3.8, 4) is 0 Å². The molecule has 4 nitrogen and oxygen atoms in total. The normalized spacial score (nSPS) is 13.1. The average molecular weight is 294 g/mol. The van der Waals surface area contributed by atoms with Gasteiger partial charge in [-0.3, -0.25) is 0 Å². The van der Waals surface area contributed by atoms with Crippen LogP contribution in [0.3, 0.4) is 0 Å². The fraction of sp³-hybridized carbons (Fsp3) is 0.143. The molecule has 0 aliphatic rings. The predicted molar refractivity (Wildman–Crippen MR) is 76.0 cm³/mol. The number of nitrogens with one attached hydrogen (secondary N) is 1. The minimum Gasteiger partial charge on any atom is -0.399 e. The van der Waals surface area contributed by atoms with E-state index in [1.165, 1.54) is 12.1 Å². The zero-order chi connectivity index (χ0) is 14.8. The van der Waals surface area contributed by atoms with Crippen LogP contribution in [0, 0.1) is 5.82 Å². The zero-order valence-electron chi connectivity index (χ0n) is 10.9. The molecule has 0 heterocycles. The van der Waals surface area contributed by atoms with Gasteiger partial charge in [-0.05, 0) is 48.9 Å². The molecular formula is C14H15FN2O2S. The van der Waals surface area contributed by atoms with Crippen molar-refractivity contribution in [1.29, 1.82) is 0 Å². The number of halogens is 1. The third-order valence-electron chi connectivity index (χ3n) is 2.87. The number of nitrogen functional groups attached to an aromatic ring is 1. The average Bonchev–Trinajstić information content (AvgIpc) is 2.38. The van der Waals surface area contributed by atoms with Crippen LogP contribution in [-0.2, 0) is 10.0 Å². The standard InChI is InChI=1S/C14H15FN2O2S/c1-10(11-3-2-4-13(16)9-11)17-20(18,19)14-7-5-12(15)6-8-14/h2-10,17H,16H2,1H3. The maximum Gasteiger partial charge on any atom is 0.241 e. The van der Waals surface area contributed by atoms with E-state index in [2.05, 4.69) is 4.72 Å². The highest BCUT2D eigenvalue weighted by Crippen LogP contribution is 2.18. The lowest BCUT2D eigenvalue weighted by molar-refractivity contribution is 0.566. The maximum absolute atomic E-state index is 12.8. The highest BCUT2D eigenvalue weighted by Gasteiger charge is 2.18. The number of rotatable bonds is 4. The van der Waals surface area contributed by atoms with E-state index in [-0.39, 0.29) is 4.90 Å². The SMILES string of the molecule is CC(NS(=O)(=O)c1ccc(F)cc1)c1cccc(N)c1. The minimum absolute atomic E-state index is 0.0228. The molecule has 2 aromatic carbocycles. The number of nitrogens with two attached hydrogens (primary N) is 1. The van der Waals surface area contributed by atoms with E-state index in [9.17, 15) is 12.8 Å². The maximum atomic E-state index is 12.8. The summed E-state index contributed by atoms with van der Waals surface area (Å²) in [4.78, 5) is 0.0228. The molecule has 1 unspecified atom stereocenters. The molecule has 0 bridgehead atoms. The number of hydrogen-bond acceptors (Lipinski definition) is 3. The van der Waals surface area contributed by atoms with Crippen molar-refractivity contribution < 1.29 is 12.8 Å². The Morgan fingerprint density at radius 3 is 2.40 bits per heavy atom. The third kappa shape index (κ3) is 3.34. The van der Waals surface area contributed by atoms with Crippen LogP contribution in [0.1, 0.15) is 18.5 Å². The molecule has 0 aliphatic carbocycles. The Morgan fingerprint density at radius 1 is 1.15 bits per heavy atom. The summed E-state index contributed by atoms with van der Waals surface area (Å²) in [5.41, 5.74) is 6.99. The van der Waals surface area contributed by atoms with Gasteiger partial charge in [0.2, 0.25) is 10.0 Å². The molecule has 0 aromatic heterocycles. The lowest BCUT2D eigenvalue weighted by Crippen LogP contribution is -2.26. The van der Waals surface area contributed by atoms with Crippen molar-refractivity contribution >= 4 is 15.7 Å². The van der Waals surface area contributed by atoms with Gasteiger partial charge in [-0.2, -0.15) is 0 Å². The van der Waals surface area contributed by atoms with Gasteiger partial charge < -0.3 is 5.73 Å². The van der Waals surface area contributed by atoms with Crippen LogP contribution in [0.5, 0.6) is 0 Å². The fourth-order valence-electron chi connectivity index (χ4n) is 1.81. The smallest absolute Gasteiger partial charge is 0.241 e. The number of hydrogen-bond donors (Lipinski definition) is 2. The summed E-state index contributed by atoms with van der Waals surface area (Å²) in [7, 11) is -3.69. The minimum atomic E-state index is -3.69. The molecular weight excluding hydrogens is 279 g/mol. The molecule has 3 N–H and O–H groups in total. The Morgan fingerprint density at radius 2 is 1.80 bits per heavy atom. The van der Waals surface area contributed by atoms with E-state index in [1.807, 2.05) is 0 Å². The zero-order valence-corrected chi connectivity index (χ0v) is 11.7. The molecule has 0 radical (unpaired) electrons. The van der Waals surface area contributed by atoms with Gasteiger partial charge in [-0.1, -0.05) is 12.1 Å². The predicted octanol–water partition coefficient (Wildman–Crippen LogP) is 2.45. The van der Waals surface area contributed by atoms with Crippen LogP contribution >= 0.6 is 0 Å². The van der Waals surface area contributed by atoms with E-state index in [4.69, 9.17) is 5.73 Å². The van der Waals surface area contributed by atoms with E-state index >= 15 is 0 Å². The molecule has 106 valence electrons. The van der Waals surface area contributed by atoms with Crippen LogP contribution in [0.2, 0.25) is 0 Å². The highest BCUT2D eigenvalue weighted by atomic mass is 32.2. The summed E-state index contributed by atoms with van der Waals surface area (Å²) in [6.45, 7) is 1.72. The Labute approximate surface area is 117 Å². The Kier molecular flexibility index (Phi) is 4.06. The first-order valence-electron chi connectivity index (χ1n) is 6.02. The summed E-state index contributed by atoms with van der Waals surface area (Å²) >= 11 is 0. The molecule has 0 saturated heterocycles. The van der Waals surface area contributed by atoms with E-state index in [1.54, 1.807) is 31.2 Å². The summed E-state index contributed by atoms with van der Waals surface area (Å²) in [6.07, 6.45) is 0. The van der Waals surface area contributed by atoms with Crippen LogP contribution in [0.25, 0.3) is 0 Å². The van der Waals surface area contributed by atoms with E-state index in [0.29, 0.717) is 5.69 Å². The number of anilines is 1. The highest BCUT2D eigenvalue weighted by molar-refractivity contribution is 7.89. The lowest BCUT2D eigenvalue weighted by atomic mass is 10.1. The van der Waals surface area contributed by atoms with Crippen LogP contribution in [0.4, 0.5) is 10.1 Å². The molecule has 0 spiro atoms. The van der Waals surface area contributed by atoms with Crippen LogP contribution in [0.15, 0.2) is 53.4 Å². The Hall–Kier alpha value is -1.92. The molecule has 2 aromatic rings. The lowest BCUT2D eigenvalue weighted by Gasteiger charge is -2.15. The van der Waals surface area contributed by atoms with Crippen LogP contribution in [-0.4, -0.2) is 8.42 Å². The van der Waals surface area contributed by atoms with Crippen LogP contribution < -0.4 is 10.5 Å². The van der Waals surface area contributed by atoms with Crippen molar-refractivity contribution in [1.82, 2.24) is 4.72 Å². The second-order valence-corrected chi connectivity index (χ2v) is 6.18. The molecule has 20 heavy (non-hydrogen) atoms. The summed E-state index contributed by atoms with van der Waals surface area (Å²) in [5.74, 6) is -0.479. The van der Waals surface area contributed by atoms with Gasteiger partial charge in [-0.25, -0.2) is 17.5 Å². The largest absolute Gasteiger partial charge is 0.399 e. The van der Waals surface area contributed by atoms with Gasteiger partial charge in [0.1, 0.15) is 5.82 Å². The molecule has 2 rings (SSSR count). The Bertz CT molecular complexity index is 699. The second kappa shape index (κ2) is 5.60. The van der Waals surface area contributed by atoms with E-state index in [0.717, 1.165) is 17.7 Å². The first-order valence-corrected chi connectivity index (χ1v) is 7.50. The van der Waals surface area contributed by atoms with Gasteiger partial charge in [0, 0.05) is 11.7 Å². The molecule has 0 fully saturated rings. The third-order valence-corrected chi connectivity index (χ3v) is 4.42. The van der Waals surface area contributed by atoms with Crippen molar-refractivity contribution in [3.63, 3.8) is 0 Å². The number of benzene rings is 2. The first kappa shape index (κ1) is 14.5. The van der Waals surface area contributed by atoms with Gasteiger partial charge in [0.05, 0.1) is 4.90 Å². The van der Waals surface area contributed by atoms with Crippen molar-refractivity contribution in [2.45, 2.75) is 17.9 Å². The Balaban J connectivity index is 2.22. The fourth-order valence-corrected chi connectivity index (χ4v) is 3.04. The number of sulfonamides is 1. The summed E-state index contributed by atoms with van der Waals surface area (Å²) in [6, 6.07) is 11.2. The van der Waals surface area contributed by atoms with Gasteiger partial charge >= 0.3 is 0 Å². The molecule has 0 aliphatic heterocycles. The summed E-state index contributed by atoms with van der Waals surface area (Å²) in [5, 5.41) is 0. The van der Waals surface area contributed by atoms with Gasteiger partial charge in [-0.15, -0.1) is 0 Å². The molecule has 6 heteroatoms. The quantitative estimate of drug-likeness (QED) is 0.851. The molecule has 0 saturated carbocycles. The topological polar surface area (TPSA) is 72.2 Å². The van der Waals surface area contributed by atoms with Crippen molar-refractivity contribution in [2.75, 3.05) is 5.73 Å². The van der Waals surface area contributed by atoms with Gasteiger partial charge in [0.15, 0.2) is 0 Å². The van der Waals surface area contributed by atoms with Crippen molar-refractivity contribution in [3.05, 3.63) is 59.9 Å². The molecule has 0 amide bonds. The monoisotopic (exact) mass is 294 g/mol. The van der Waals surface area contributed by atoms with Crippen molar-refractivity contribution in [2.24, 2.45) is 0 Å². The molecule has 1 atom stereocenters. The first-order chi connectivity index (χ1) is 9.38.